The van der Waals surface area contributed by atoms with Crippen molar-refractivity contribution in [1.29, 1.82) is 0 Å². The Morgan fingerprint density at radius 2 is 1.21 bits per heavy atom. The molecule has 6 nitrogen and oxygen atoms in total. The SMILES string of the molecule is Cc1cc(NC(=O)c2ccco2)c(C)cc1NC(=O)c1ccco1. The fraction of sp³-hybridized carbons (Fsp3) is 0.111. The van der Waals surface area contributed by atoms with Gasteiger partial charge in [0.05, 0.1) is 12.5 Å². The topological polar surface area (TPSA) is 84.5 Å². The average molecular weight is 324 g/mol. The smallest absolute Gasteiger partial charge is 0.291 e. The van der Waals surface area contributed by atoms with Crippen molar-refractivity contribution in [2.45, 2.75) is 13.8 Å². The number of nitrogens with one attached hydrogen (secondary N) is 2. The van der Waals surface area contributed by atoms with Gasteiger partial charge in [0, 0.05) is 11.4 Å². The number of rotatable bonds is 4. The summed E-state index contributed by atoms with van der Waals surface area (Å²) >= 11 is 0. The van der Waals surface area contributed by atoms with Crippen molar-refractivity contribution < 1.29 is 18.4 Å². The average Bonchev–Trinajstić information content (AvgIpc) is 3.24. The highest BCUT2D eigenvalue weighted by Crippen LogP contribution is 2.25. The number of hydrogen-bond acceptors (Lipinski definition) is 4. The van der Waals surface area contributed by atoms with Gasteiger partial charge in [-0.05, 0) is 61.4 Å². The molecule has 0 aliphatic carbocycles. The first-order chi connectivity index (χ1) is 11.5. The highest BCUT2D eigenvalue weighted by molar-refractivity contribution is 6.04. The van der Waals surface area contributed by atoms with Crippen LogP contribution in [0.15, 0.2) is 57.8 Å². The van der Waals surface area contributed by atoms with E-state index >= 15 is 0 Å². The fourth-order valence-electron chi connectivity index (χ4n) is 2.27. The van der Waals surface area contributed by atoms with Crippen molar-refractivity contribution in [2.24, 2.45) is 0 Å². The molecule has 0 aliphatic heterocycles. The molecule has 6 heteroatoms. The number of amides is 2. The van der Waals surface area contributed by atoms with Gasteiger partial charge < -0.3 is 19.5 Å². The summed E-state index contributed by atoms with van der Waals surface area (Å²) in [4.78, 5) is 24.1. The van der Waals surface area contributed by atoms with Crippen LogP contribution in [0.1, 0.15) is 32.2 Å². The van der Waals surface area contributed by atoms with E-state index in [0.717, 1.165) is 11.1 Å². The molecule has 24 heavy (non-hydrogen) atoms. The normalized spacial score (nSPS) is 10.4. The Morgan fingerprint density at radius 3 is 1.54 bits per heavy atom. The van der Waals surface area contributed by atoms with Gasteiger partial charge in [0.25, 0.3) is 11.8 Å². The van der Waals surface area contributed by atoms with Crippen molar-refractivity contribution in [2.75, 3.05) is 10.6 Å². The van der Waals surface area contributed by atoms with Gasteiger partial charge in [-0.2, -0.15) is 0 Å². The lowest BCUT2D eigenvalue weighted by atomic mass is 10.1. The van der Waals surface area contributed by atoms with E-state index in [2.05, 4.69) is 10.6 Å². The molecule has 0 aliphatic rings. The molecule has 0 unspecified atom stereocenters. The van der Waals surface area contributed by atoms with Crippen molar-refractivity contribution in [3.05, 3.63) is 71.6 Å². The third kappa shape index (κ3) is 3.22. The van der Waals surface area contributed by atoms with E-state index in [1.165, 1.54) is 12.5 Å². The number of benzene rings is 1. The van der Waals surface area contributed by atoms with E-state index in [-0.39, 0.29) is 23.3 Å². The molecule has 0 bridgehead atoms. The zero-order valence-corrected chi connectivity index (χ0v) is 13.3. The molecule has 122 valence electrons. The highest BCUT2D eigenvalue weighted by atomic mass is 16.3. The second kappa shape index (κ2) is 6.45. The van der Waals surface area contributed by atoms with Crippen LogP contribution in [0.3, 0.4) is 0 Å². The number of furan rings is 2. The molecule has 0 spiro atoms. The van der Waals surface area contributed by atoms with Crippen LogP contribution in [-0.2, 0) is 0 Å². The van der Waals surface area contributed by atoms with Gasteiger partial charge in [-0.1, -0.05) is 0 Å². The largest absolute Gasteiger partial charge is 0.459 e. The minimum atomic E-state index is -0.324. The Hall–Kier alpha value is -3.28. The zero-order valence-electron chi connectivity index (χ0n) is 13.3. The Kier molecular flexibility index (Phi) is 4.20. The van der Waals surface area contributed by atoms with E-state index in [9.17, 15) is 9.59 Å². The first-order valence-corrected chi connectivity index (χ1v) is 7.35. The number of carbonyl (C=O) groups excluding carboxylic acids is 2. The Balaban J connectivity index is 1.78. The quantitative estimate of drug-likeness (QED) is 0.760. The van der Waals surface area contributed by atoms with Gasteiger partial charge in [0.2, 0.25) is 0 Å². The summed E-state index contributed by atoms with van der Waals surface area (Å²) in [5, 5.41) is 5.60. The second-order valence-corrected chi connectivity index (χ2v) is 5.34. The molecule has 2 N–H and O–H groups in total. The molecule has 2 amide bonds. The maximum atomic E-state index is 12.1. The first kappa shape index (κ1) is 15.6. The first-order valence-electron chi connectivity index (χ1n) is 7.35. The van der Waals surface area contributed by atoms with Crippen LogP contribution in [0.5, 0.6) is 0 Å². The predicted octanol–water partition coefficient (Wildman–Crippen LogP) is 3.99. The molecular weight excluding hydrogens is 308 g/mol. The molecule has 0 radical (unpaired) electrons. The Bertz CT molecular complexity index is 791. The van der Waals surface area contributed by atoms with Gasteiger partial charge in [-0.25, -0.2) is 0 Å². The van der Waals surface area contributed by atoms with Gasteiger partial charge in [-0.3, -0.25) is 9.59 Å². The summed E-state index contributed by atoms with van der Waals surface area (Å²) < 4.78 is 10.2. The zero-order chi connectivity index (χ0) is 17.1. The van der Waals surface area contributed by atoms with Gasteiger partial charge in [-0.15, -0.1) is 0 Å². The molecular formula is C18H16N2O4. The van der Waals surface area contributed by atoms with Crippen LogP contribution >= 0.6 is 0 Å². The van der Waals surface area contributed by atoms with Crippen LogP contribution in [-0.4, -0.2) is 11.8 Å². The van der Waals surface area contributed by atoms with E-state index in [4.69, 9.17) is 8.83 Å². The summed E-state index contributed by atoms with van der Waals surface area (Å²) in [7, 11) is 0. The molecule has 2 heterocycles. The van der Waals surface area contributed by atoms with E-state index in [1.54, 1.807) is 36.4 Å². The second-order valence-electron chi connectivity index (χ2n) is 5.34. The Labute approximate surface area is 138 Å². The van der Waals surface area contributed by atoms with Crippen molar-refractivity contribution in [1.82, 2.24) is 0 Å². The van der Waals surface area contributed by atoms with Gasteiger partial charge in [0.1, 0.15) is 0 Å². The molecule has 1 aromatic carbocycles. The van der Waals surface area contributed by atoms with Crippen molar-refractivity contribution in [3.63, 3.8) is 0 Å². The maximum Gasteiger partial charge on any atom is 0.291 e. The minimum absolute atomic E-state index is 0.238. The van der Waals surface area contributed by atoms with Crippen LogP contribution < -0.4 is 10.6 Å². The fourth-order valence-corrected chi connectivity index (χ4v) is 2.27. The number of carbonyl (C=O) groups is 2. The lowest BCUT2D eigenvalue weighted by Gasteiger charge is -2.13. The van der Waals surface area contributed by atoms with E-state index in [1.807, 2.05) is 13.8 Å². The Morgan fingerprint density at radius 1 is 0.792 bits per heavy atom. The molecule has 3 aromatic rings. The molecule has 2 aromatic heterocycles. The predicted molar refractivity (Wildman–Crippen MR) is 89.2 cm³/mol. The number of anilines is 2. The monoisotopic (exact) mass is 324 g/mol. The molecule has 0 saturated heterocycles. The third-order valence-electron chi connectivity index (χ3n) is 3.56. The standard InChI is InChI=1S/C18H16N2O4/c1-11-9-14(20-18(22)16-6-4-8-24-16)12(2)10-13(11)19-17(21)15-5-3-7-23-15/h3-10H,1-2H3,(H,19,21)(H,20,22). The van der Waals surface area contributed by atoms with Crippen LogP contribution in [0.25, 0.3) is 0 Å². The third-order valence-corrected chi connectivity index (χ3v) is 3.56. The lowest BCUT2D eigenvalue weighted by Crippen LogP contribution is -2.14. The highest BCUT2D eigenvalue weighted by Gasteiger charge is 2.14. The molecule has 3 rings (SSSR count). The van der Waals surface area contributed by atoms with Crippen molar-refractivity contribution >= 4 is 23.2 Å². The lowest BCUT2D eigenvalue weighted by molar-refractivity contribution is 0.0989. The van der Waals surface area contributed by atoms with Crippen LogP contribution in [0, 0.1) is 13.8 Å². The molecule has 0 atom stereocenters. The summed E-state index contributed by atoms with van der Waals surface area (Å²) in [6.45, 7) is 3.69. The summed E-state index contributed by atoms with van der Waals surface area (Å²) in [5.41, 5.74) is 2.94. The summed E-state index contributed by atoms with van der Waals surface area (Å²) in [6, 6.07) is 10.1. The minimum Gasteiger partial charge on any atom is -0.459 e. The summed E-state index contributed by atoms with van der Waals surface area (Å²) in [6.07, 6.45) is 2.89. The van der Waals surface area contributed by atoms with E-state index < -0.39 is 0 Å². The maximum absolute atomic E-state index is 12.1. The van der Waals surface area contributed by atoms with Crippen LogP contribution in [0.2, 0.25) is 0 Å². The van der Waals surface area contributed by atoms with Gasteiger partial charge in [0.15, 0.2) is 11.5 Å². The molecule has 0 fully saturated rings. The van der Waals surface area contributed by atoms with Crippen molar-refractivity contribution in [3.8, 4) is 0 Å². The van der Waals surface area contributed by atoms with E-state index in [0.29, 0.717) is 11.4 Å². The van der Waals surface area contributed by atoms with Gasteiger partial charge >= 0.3 is 0 Å². The summed E-state index contributed by atoms with van der Waals surface area (Å²) in [5.74, 6) is -0.172. The number of hydrogen-bond donors (Lipinski definition) is 2. The number of aryl methyl sites for hydroxylation is 2. The molecule has 0 saturated carbocycles. The van der Waals surface area contributed by atoms with Crippen LogP contribution in [0.4, 0.5) is 11.4 Å².